The summed E-state index contributed by atoms with van der Waals surface area (Å²) >= 11 is 0. The van der Waals surface area contributed by atoms with E-state index in [4.69, 9.17) is 0 Å². The number of hydrogen-bond acceptors (Lipinski definition) is 5. The van der Waals surface area contributed by atoms with Gasteiger partial charge in [0.15, 0.2) is 0 Å². The van der Waals surface area contributed by atoms with Crippen LogP contribution in [-0.4, -0.2) is 62.2 Å². The van der Waals surface area contributed by atoms with Crippen molar-refractivity contribution in [2.45, 2.75) is 38.6 Å². The van der Waals surface area contributed by atoms with Crippen molar-refractivity contribution in [3.05, 3.63) is 65.5 Å². The Labute approximate surface area is 182 Å². The molecule has 0 unspecified atom stereocenters. The van der Waals surface area contributed by atoms with E-state index < -0.39 is 0 Å². The Morgan fingerprint density at radius 1 is 0.700 bits per heavy atom. The fourth-order valence-corrected chi connectivity index (χ4v) is 3.91. The van der Waals surface area contributed by atoms with E-state index in [1.165, 1.54) is 29.7 Å². The molecule has 0 saturated carbocycles. The summed E-state index contributed by atoms with van der Waals surface area (Å²) in [4.78, 5) is 7.01. The molecule has 164 valence electrons. The largest absolute Gasteiger partial charge is 0.315 e. The third kappa shape index (κ3) is 9.35. The van der Waals surface area contributed by atoms with Crippen LogP contribution in [0.15, 0.2) is 48.7 Å². The molecule has 30 heavy (non-hydrogen) atoms. The minimum absolute atomic E-state index is 1.04. The van der Waals surface area contributed by atoms with Crippen molar-refractivity contribution >= 4 is 0 Å². The van der Waals surface area contributed by atoms with Gasteiger partial charge in [0.2, 0.25) is 0 Å². The number of nitrogens with one attached hydrogen (secondary N) is 3. The van der Waals surface area contributed by atoms with E-state index in [0.717, 1.165) is 78.2 Å². The zero-order valence-electron chi connectivity index (χ0n) is 18.4. The second-order valence-electron chi connectivity index (χ2n) is 8.22. The normalized spacial score (nSPS) is 18.0. The number of aromatic nitrogens is 1. The number of benzene rings is 1. The summed E-state index contributed by atoms with van der Waals surface area (Å²) in [6.45, 7) is 9.80. The van der Waals surface area contributed by atoms with Gasteiger partial charge >= 0.3 is 0 Å². The van der Waals surface area contributed by atoms with Crippen molar-refractivity contribution in [1.29, 1.82) is 0 Å². The van der Waals surface area contributed by atoms with Crippen LogP contribution in [0.3, 0.4) is 0 Å². The van der Waals surface area contributed by atoms with Crippen LogP contribution in [0.25, 0.3) is 0 Å². The molecule has 0 amide bonds. The third-order valence-corrected chi connectivity index (χ3v) is 5.67. The molecule has 2 heterocycles. The maximum Gasteiger partial charge on any atom is 0.0403 e. The highest BCUT2D eigenvalue weighted by Crippen LogP contribution is 2.11. The Morgan fingerprint density at radius 2 is 1.43 bits per heavy atom. The molecule has 1 fully saturated rings. The summed E-state index contributed by atoms with van der Waals surface area (Å²) in [5.74, 6) is 0. The van der Waals surface area contributed by atoms with Crippen molar-refractivity contribution < 1.29 is 0 Å². The van der Waals surface area contributed by atoms with E-state index in [-0.39, 0.29) is 0 Å². The first-order valence-corrected chi connectivity index (χ1v) is 11.7. The van der Waals surface area contributed by atoms with Gasteiger partial charge in [-0.15, -0.1) is 0 Å². The van der Waals surface area contributed by atoms with E-state index in [1.54, 1.807) is 0 Å². The van der Waals surface area contributed by atoms with E-state index in [1.807, 2.05) is 12.3 Å². The van der Waals surface area contributed by atoms with Gasteiger partial charge in [0, 0.05) is 44.6 Å². The summed E-state index contributed by atoms with van der Waals surface area (Å²) < 4.78 is 0. The van der Waals surface area contributed by atoms with Gasteiger partial charge in [0.05, 0.1) is 0 Å². The molecular weight excluding hydrogens is 370 g/mol. The van der Waals surface area contributed by atoms with Crippen LogP contribution in [-0.2, 0) is 19.4 Å². The van der Waals surface area contributed by atoms with Gasteiger partial charge in [0.1, 0.15) is 0 Å². The van der Waals surface area contributed by atoms with Gasteiger partial charge in [-0.3, -0.25) is 9.88 Å². The third-order valence-electron chi connectivity index (χ3n) is 5.67. The highest BCUT2D eigenvalue weighted by molar-refractivity contribution is 5.22. The highest BCUT2D eigenvalue weighted by atomic mass is 15.1. The summed E-state index contributed by atoms with van der Waals surface area (Å²) in [7, 11) is 0. The highest BCUT2D eigenvalue weighted by Gasteiger charge is 2.07. The molecule has 1 aromatic carbocycles. The second kappa shape index (κ2) is 14.3. The van der Waals surface area contributed by atoms with E-state index in [0.29, 0.717) is 0 Å². The van der Waals surface area contributed by atoms with Crippen LogP contribution in [0.5, 0.6) is 0 Å². The van der Waals surface area contributed by atoms with Crippen molar-refractivity contribution in [1.82, 2.24) is 25.8 Å². The zero-order valence-corrected chi connectivity index (χ0v) is 18.4. The van der Waals surface area contributed by atoms with E-state index >= 15 is 0 Å². The summed E-state index contributed by atoms with van der Waals surface area (Å²) in [5, 5.41) is 10.6. The Hall–Kier alpha value is -1.79. The molecule has 5 nitrogen and oxygen atoms in total. The molecule has 0 bridgehead atoms. The van der Waals surface area contributed by atoms with Gasteiger partial charge in [0.25, 0.3) is 0 Å². The maximum atomic E-state index is 4.42. The Balaban J connectivity index is 1.42. The molecule has 1 saturated heterocycles. The monoisotopic (exact) mass is 409 g/mol. The summed E-state index contributed by atoms with van der Waals surface area (Å²) in [6, 6.07) is 15.4. The summed E-state index contributed by atoms with van der Waals surface area (Å²) in [5.41, 5.74) is 4.03. The standard InChI is InChI=1S/C25H39N5/c1-2-16-29-25(7-1)8-3-6-23-9-11-24(12-10-23)22-30-20-5-15-27-18-17-26-13-4-14-28-19-21-30/h1-2,7,9-12,16,26-28H,3-6,8,13-15,17-22H2. The average molecular weight is 410 g/mol. The van der Waals surface area contributed by atoms with Crippen LogP contribution in [0.2, 0.25) is 0 Å². The van der Waals surface area contributed by atoms with Crippen molar-refractivity contribution in [3.63, 3.8) is 0 Å². The maximum absolute atomic E-state index is 4.42. The molecule has 0 aliphatic carbocycles. The first-order chi connectivity index (χ1) is 14.9. The number of aryl methyl sites for hydroxylation is 2. The Morgan fingerprint density at radius 3 is 2.20 bits per heavy atom. The van der Waals surface area contributed by atoms with Crippen molar-refractivity contribution in [2.24, 2.45) is 0 Å². The quantitative estimate of drug-likeness (QED) is 0.685. The molecule has 1 aliphatic rings. The Kier molecular flexibility index (Phi) is 10.9. The lowest BCUT2D eigenvalue weighted by Gasteiger charge is -2.23. The lowest BCUT2D eigenvalue weighted by molar-refractivity contribution is 0.260. The number of rotatable bonds is 6. The van der Waals surface area contributed by atoms with Gasteiger partial charge in [-0.1, -0.05) is 30.3 Å². The molecule has 0 spiro atoms. The SMILES string of the molecule is c1ccc(CCCc2ccc(CN3CCCNCCNCCCNCC3)cc2)nc1. The molecule has 5 heteroatoms. The predicted octanol–water partition coefficient (Wildman–Crippen LogP) is 2.62. The molecule has 2 aromatic rings. The first kappa shape index (κ1) is 22.9. The van der Waals surface area contributed by atoms with Crippen LogP contribution in [0.1, 0.15) is 36.1 Å². The second-order valence-corrected chi connectivity index (χ2v) is 8.22. The lowest BCUT2D eigenvalue weighted by Crippen LogP contribution is -2.36. The molecular formula is C25H39N5. The molecule has 0 radical (unpaired) electrons. The average Bonchev–Trinajstić information content (AvgIpc) is 2.78. The van der Waals surface area contributed by atoms with Crippen molar-refractivity contribution in [3.8, 4) is 0 Å². The van der Waals surface area contributed by atoms with Crippen LogP contribution in [0.4, 0.5) is 0 Å². The number of pyridine rings is 1. The lowest BCUT2D eigenvalue weighted by atomic mass is 10.0. The predicted molar refractivity (Wildman–Crippen MR) is 126 cm³/mol. The smallest absolute Gasteiger partial charge is 0.0403 e. The van der Waals surface area contributed by atoms with Crippen LogP contribution >= 0.6 is 0 Å². The Bertz CT molecular complexity index is 660. The van der Waals surface area contributed by atoms with Gasteiger partial charge in [-0.25, -0.2) is 0 Å². The zero-order chi connectivity index (χ0) is 20.7. The van der Waals surface area contributed by atoms with Crippen LogP contribution in [0, 0.1) is 0 Å². The molecule has 3 rings (SSSR count). The van der Waals surface area contributed by atoms with Crippen LogP contribution < -0.4 is 16.0 Å². The minimum atomic E-state index is 1.04. The van der Waals surface area contributed by atoms with E-state index in [9.17, 15) is 0 Å². The molecule has 1 aromatic heterocycles. The van der Waals surface area contributed by atoms with Gasteiger partial charge in [-0.05, 0) is 81.5 Å². The topological polar surface area (TPSA) is 52.2 Å². The first-order valence-electron chi connectivity index (χ1n) is 11.7. The van der Waals surface area contributed by atoms with Crippen molar-refractivity contribution in [2.75, 3.05) is 52.4 Å². The molecule has 3 N–H and O–H groups in total. The van der Waals surface area contributed by atoms with E-state index in [2.05, 4.69) is 62.2 Å². The minimum Gasteiger partial charge on any atom is -0.315 e. The van der Waals surface area contributed by atoms with Gasteiger partial charge in [-0.2, -0.15) is 0 Å². The number of nitrogens with zero attached hydrogens (tertiary/aromatic N) is 2. The fourth-order valence-electron chi connectivity index (χ4n) is 3.91. The number of hydrogen-bond donors (Lipinski definition) is 3. The molecule has 1 aliphatic heterocycles. The van der Waals surface area contributed by atoms with Gasteiger partial charge < -0.3 is 16.0 Å². The fraction of sp³-hybridized carbons (Fsp3) is 0.560. The summed E-state index contributed by atoms with van der Waals surface area (Å²) in [6.07, 6.45) is 7.59. The molecule has 0 atom stereocenters.